The summed E-state index contributed by atoms with van der Waals surface area (Å²) in [5.74, 6) is 0.645. The summed E-state index contributed by atoms with van der Waals surface area (Å²) in [7, 11) is 2.20. The molecular formula is C17H25ClN2. The number of benzene rings is 1. The van der Waals surface area contributed by atoms with Crippen LogP contribution in [0.5, 0.6) is 0 Å². The first-order valence-electron chi connectivity index (χ1n) is 7.95. The first-order valence-corrected chi connectivity index (χ1v) is 8.33. The molecule has 1 unspecified atom stereocenters. The molecule has 2 nitrogen and oxygen atoms in total. The highest BCUT2D eigenvalue weighted by Crippen LogP contribution is 2.35. The standard InChI is InChI=1S/C17H25ClN2/c1-20-10-7-13(8-11-20)15-6-5-14(12-16(15)18)17-4-2-3-9-19-17/h5-6,12-13,17,19H,2-4,7-11H2,1H3. The van der Waals surface area contributed by atoms with Crippen LogP contribution < -0.4 is 5.32 Å². The number of likely N-dealkylation sites (tertiary alicyclic amines) is 1. The van der Waals surface area contributed by atoms with Gasteiger partial charge < -0.3 is 10.2 Å². The van der Waals surface area contributed by atoms with Crippen molar-refractivity contribution in [3.05, 3.63) is 34.3 Å². The van der Waals surface area contributed by atoms with Crippen molar-refractivity contribution in [1.29, 1.82) is 0 Å². The Kier molecular flexibility index (Phi) is 4.65. The second kappa shape index (κ2) is 6.46. The van der Waals surface area contributed by atoms with E-state index in [9.17, 15) is 0 Å². The van der Waals surface area contributed by atoms with Crippen LogP contribution in [-0.2, 0) is 0 Å². The molecule has 0 amide bonds. The average Bonchev–Trinajstić information content (AvgIpc) is 2.49. The van der Waals surface area contributed by atoms with E-state index in [1.807, 2.05) is 0 Å². The molecule has 1 atom stereocenters. The number of nitrogens with one attached hydrogen (secondary N) is 1. The Morgan fingerprint density at radius 3 is 2.60 bits per heavy atom. The van der Waals surface area contributed by atoms with Crippen molar-refractivity contribution in [2.24, 2.45) is 0 Å². The largest absolute Gasteiger partial charge is 0.310 e. The molecular weight excluding hydrogens is 268 g/mol. The Labute approximate surface area is 127 Å². The highest BCUT2D eigenvalue weighted by molar-refractivity contribution is 6.31. The van der Waals surface area contributed by atoms with Gasteiger partial charge in [-0.1, -0.05) is 30.2 Å². The van der Waals surface area contributed by atoms with Crippen LogP contribution in [0.1, 0.15) is 55.2 Å². The summed E-state index contributed by atoms with van der Waals surface area (Å²) >= 11 is 6.58. The first kappa shape index (κ1) is 14.4. The maximum Gasteiger partial charge on any atom is 0.0444 e. The average molecular weight is 293 g/mol. The summed E-state index contributed by atoms with van der Waals surface area (Å²) < 4.78 is 0. The number of nitrogens with zero attached hydrogens (tertiary/aromatic N) is 1. The van der Waals surface area contributed by atoms with Gasteiger partial charge in [0, 0.05) is 11.1 Å². The minimum Gasteiger partial charge on any atom is -0.310 e. The molecule has 0 spiro atoms. The Morgan fingerprint density at radius 1 is 1.15 bits per heavy atom. The zero-order valence-electron chi connectivity index (χ0n) is 12.4. The Bertz CT molecular complexity index is 446. The molecule has 110 valence electrons. The van der Waals surface area contributed by atoms with Crippen LogP contribution in [0.15, 0.2) is 18.2 Å². The third-order valence-corrected chi connectivity index (χ3v) is 5.22. The monoisotopic (exact) mass is 292 g/mol. The van der Waals surface area contributed by atoms with Crippen molar-refractivity contribution in [1.82, 2.24) is 10.2 Å². The fraction of sp³-hybridized carbons (Fsp3) is 0.647. The maximum absolute atomic E-state index is 6.58. The van der Waals surface area contributed by atoms with Crippen molar-refractivity contribution >= 4 is 11.6 Å². The van der Waals surface area contributed by atoms with Gasteiger partial charge in [-0.15, -0.1) is 0 Å². The molecule has 0 aliphatic carbocycles. The molecule has 0 bridgehead atoms. The number of rotatable bonds is 2. The van der Waals surface area contributed by atoms with Gasteiger partial charge in [0.05, 0.1) is 0 Å². The van der Waals surface area contributed by atoms with E-state index in [4.69, 9.17) is 11.6 Å². The zero-order valence-corrected chi connectivity index (χ0v) is 13.1. The van der Waals surface area contributed by atoms with Crippen LogP contribution >= 0.6 is 11.6 Å². The van der Waals surface area contributed by atoms with Gasteiger partial charge >= 0.3 is 0 Å². The van der Waals surface area contributed by atoms with E-state index < -0.39 is 0 Å². The van der Waals surface area contributed by atoms with Crippen molar-refractivity contribution in [2.45, 2.75) is 44.1 Å². The molecule has 1 aromatic carbocycles. The highest BCUT2D eigenvalue weighted by atomic mass is 35.5. The van der Waals surface area contributed by atoms with E-state index in [2.05, 4.69) is 35.5 Å². The summed E-state index contributed by atoms with van der Waals surface area (Å²) in [6.07, 6.45) is 6.34. The SMILES string of the molecule is CN1CCC(c2ccc(C3CCCCN3)cc2Cl)CC1. The van der Waals surface area contributed by atoms with Gasteiger partial charge in [-0.25, -0.2) is 0 Å². The van der Waals surface area contributed by atoms with Crippen molar-refractivity contribution < 1.29 is 0 Å². The van der Waals surface area contributed by atoms with Crippen LogP contribution in [0.3, 0.4) is 0 Å². The second-order valence-corrected chi connectivity index (χ2v) is 6.77. The van der Waals surface area contributed by atoms with Crippen molar-refractivity contribution in [3.63, 3.8) is 0 Å². The predicted octanol–water partition coefficient (Wildman–Crippen LogP) is 3.96. The van der Waals surface area contributed by atoms with Gasteiger partial charge in [-0.05, 0) is 75.5 Å². The minimum absolute atomic E-state index is 0.507. The van der Waals surface area contributed by atoms with E-state index >= 15 is 0 Å². The number of piperidine rings is 2. The van der Waals surface area contributed by atoms with E-state index in [0.717, 1.165) is 11.6 Å². The van der Waals surface area contributed by atoms with Crippen molar-refractivity contribution in [2.75, 3.05) is 26.7 Å². The van der Waals surface area contributed by atoms with Gasteiger partial charge in [-0.3, -0.25) is 0 Å². The summed E-state index contributed by atoms with van der Waals surface area (Å²) in [4.78, 5) is 2.41. The van der Waals surface area contributed by atoms with Crippen molar-refractivity contribution in [3.8, 4) is 0 Å². The number of halogens is 1. The maximum atomic E-state index is 6.58. The van der Waals surface area contributed by atoms with E-state index in [1.165, 1.54) is 56.3 Å². The topological polar surface area (TPSA) is 15.3 Å². The Morgan fingerprint density at radius 2 is 1.95 bits per heavy atom. The third kappa shape index (κ3) is 3.19. The smallest absolute Gasteiger partial charge is 0.0444 e. The lowest BCUT2D eigenvalue weighted by Gasteiger charge is -2.30. The lowest BCUT2D eigenvalue weighted by Crippen LogP contribution is -2.29. The molecule has 2 saturated heterocycles. The van der Waals surface area contributed by atoms with Crippen LogP contribution in [0.25, 0.3) is 0 Å². The molecule has 0 aromatic heterocycles. The molecule has 2 aliphatic heterocycles. The van der Waals surface area contributed by atoms with Crippen LogP contribution in [0.4, 0.5) is 0 Å². The Hall–Kier alpha value is -0.570. The molecule has 3 heteroatoms. The summed E-state index contributed by atoms with van der Waals surface area (Å²) in [6, 6.07) is 7.29. The summed E-state index contributed by atoms with van der Waals surface area (Å²) in [5.41, 5.74) is 2.73. The van der Waals surface area contributed by atoms with Gasteiger partial charge in [0.15, 0.2) is 0 Å². The Balaban J connectivity index is 1.73. The van der Waals surface area contributed by atoms with Gasteiger partial charge in [0.2, 0.25) is 0 Å². The zero-order chi connectivity index (χ0) is 13.9. The predicted molar refractivity (Wildman–Crippen MR) is 85.5 cm³/mol. The lowest BCUT2D eigenvalue weighted by atomic mass is 9.88. The molecule has 0 radical (unpaired) electrons. The number of hydrogen-bond donors (Lipinski definition) is 1. The lowest BCUT2D eigenvalue weighted by molar-refractivity contribution is 0.255. The normalized spacial score (nSPS) is 25.8. The molecule has 2 heterocycles. The van der Waals surface area contributed by atoms with Crippen LogP contribution in [0, 0.1) is 0 Å². The molecule has 0 saturated carbocycles. The van der Waals surface area contributed by atoms with Crippen LogP contribution in [0.2, 0.25) is 5.02 Å². The molecule has 20 heavy (non-hydrogen) atoms. The highest BCUT2D eigenvalue weighted by Gasteiger charge is 2.22. The fourth-order valence-electron chi connectivity index (χ4n) is 3.55. The third-order valence-electron chi connectivity index (χ3n) is 4.90. The minimum atomic E-state index is 0.507. The first-order chi connectivity index (χ1) is 9.74. The molecule has 1 N–H and O–H groups in total. The second-order valence-electron chi connectivity index (χ2n) is 6.36. The molecule has 2 fully saturated rings. The van der Waals surface area contributed by atoms with E-state index in [1.54, 1.807) is 0 Å². The molecule has 1 aromatic rings. The van der Waals surface area contributed by atoms with E-state index in [-0.39, 0.29) is 0 Å². The quantitative estimate of drug-likeness (QED) is 0.887. The van der Waals surface area contributed by atoms with Crippen LogP contribution in [-0.4, -0.2) is 31.6 Å². The summed E-state index contributed by atoms with van der Waals surface area (Å²) in [6.45, 7) is 3.51. The van der Waals surface area contributed by atoms with Gasteiger partial charge in [-0.2, -0.15) is 0 Å². The van der Waals surface area contributed by atoms with E-state index in [0.29, 0.717) is 12.0 Å². The number of hydrogen-bond acceptors (Lipinski definition) is 2. The fourth-order valence-corrected chi connectivity index (χ4v) is 3.89. The van der Waals surface area contributed by atoms with Gasteiger partial charge in [0.1, 0.15) is 0 Å². The molecule has 2 aliphatic rings. The summed E-state index contributed by atoms with van der Waals surface area (Å²) in [5, 5.41) is 4.58. The van der Waals surface area contributed by atoms with Gasteiger partial charge in [0.25, 0.3) is 0 Å². The molecule has 3 rings (SSSR count).